The van der Waals surface area contributed by atoms with E-state index in [1.54, 1.807) is 6.07 Å². The van der Waals surface area contributed by atoms with Crippen LogP contribution >= 0.6 is 15.9 Å². The standard InChI is InChI=1S/C16H12BrF3O3/c17-13-8-9(23-6-5-21)7-12-14(13)10-3-1-2-4-11(10)15(12,22)16(18,19)20/h1-4,7-8,21-22H,5-6H2. The minimum Gasteiger partial charge on any atom is -0.491 e. The van der Waals surface area contributed by atoms with Gasteiger partial charge in [0.05, 0.1) is 6.61 Å². The van der Waals surface area contributed by atoms with Gasteiger partial charge in [-0.05, 0) is 17.7 Å². The topological polar surface area (TPSA) is 49.7 Å². The predicted octanol–water partition coefficient (Wildman–Crippen LogP) is 3.60. The molecule has 1 atom stereocenters. The zero-order valence-corrected chi connectivity index (χ0v) is 13.3. The molecule has 0 spiro atoms. The van der Waals surface area contributed by atoms with Gasteiger partial charge in [-0.2, -0.15) is 13.2 Å². The van der Waals surface area contributed by atoms with Crippen molar-refractivity contribution < 1.29 is 28.1 Å². The Morgan fingerprint density at radius 3 is 2.48 bits per heavy atom. The Morgan fingerprint density at radius 2 is 1.83 bits per heavy atom. The molecule has 2 aromatic carbocycles. The summed E-state index contributed by atoms with van der Waals surface area (Å²) in [6, 6.07) is 8.57. The second-order valence-electron chi connectivity index (χ2n) is 5.15. The van der Waals surface area contributed by atoms with Gasteiger partial charge in [0.2, 0.25) is 5.60 Å². The Bertz CT molecular complexity index is 761. The van der Waals surface area contributed by atoms with Crippen molar-refractivity contribution in [2.45, 2.75) is 11.8 Å². The van der Waals surface area contributed by atoms with E-state index in [2.05, 4.69) is 15.9 Å². The summed E-state index contributed by atoms with van der Waals surface area (Å²) in [5.74, 6) is 0.139. The monoisotopic (exact) mass is 388 g/mol. The lowest BCUT2D eigenvalue weighted by Crippen LogP contribution is -2.41. The van der Waals surface area contributed by atoms with Crippen molar-refractivity contribution in [1.82, 2.24) is 0 Å². The number of aliphatic hydroxyl groups is 2. The third-order valence-corrected chi connectivity index (χ3v) is 4.44. The van der Waals surface area contributed by atoms with Gasteiger partial charge in [-0.25, -0.2) is 0 Å². The smallest absolute Gasteiger partial charge is 0.425 e. The molecule has 3 rings (SSSR count). The van der Waals surface area contributed by atoms with Crippen LogP contribution < -0.4 is 4.74 Å². The number of halogens is 4. The summed E-state index contributed by atoms with van der Waals surface area (Å²) in [5, 5.41) is 19.4. The molecule has 0 fully saturated rings. The van der Waals surface area contributed by atoms with E-state index < -0.39 is 11.8 Å². The fourth-order valence-electron chi connectivity index (χ4n) is 2.85. The SMILES string of the molecule is OCCOc1cc(Br)c2c(c1)C(O)(C(F)(F)F)c1ccccc1-2. The fourth-order valence-corrected chi connectivity index (χ4v) is 3.51. The summed E-state index contributed by atoms with van der Waals surface area (Å²) in [5.41, 5.74) is -2.98. The molecule has 0 saturated heterocycles. The Kier molecular flexibility index (Phi) is 3.90. The molecular formula is C16H12BrF3O3. The Hall–Kier alpha value is -1.57. The van der Waals surface area contributed by atoms with Crippen LogP contribution in [0.4, 0.5) is 13.2 Å². The minimum absolute atomic E-state index is 0.0530. The maximum Gasteiger partial charge on any atom is 0.425 e. The van der Waals surface area contributed by atoms with E-state index in [0.717, 1.165) is 0 Å². The summed E-state index contributed by atoms with van der Waals surface area (Å²) in [6.45, 7) is -0.318. The van der Waals surface area contributed by atoms with Gasteiger partial charge in [0.25, 0.3) is 0 Å². The van der Waals surface area contributed by atoms with Crippen molar-refractivity contribution in [2.24, 2.45) is 0 Å². The first-order chi connectivity index (χ1) is 10.8. The van der Waals surface area contributed by atoms with E-state index in [1.165, 1.54) is 30.3 Å². The van der Waals surface area contributed by atoms with Crippen LogP contribution in [-0.2, 0) is 5.60 Å². The van der Waals surface area contributed by atoms with E-state index >= 15 is 0 Å². The highest BCUT2D eigenvalue weighted by Crippen LogP contribution is 2.57. The number of hydrogen-bond donors (Lipinski definition) is 2. The highest BCUT2D eigenvalue weighted by atomic mass is 79.9. The first-order valence-corrected chi connectivity index (χ1v) is 7.56. The highest BCUT2D eigenvalue weighted by molar-refractivity contribution is 9.10. The van der Waals surface area contributed by atoms with E-state index in [1.807, 2.05) is 0 Å². The molecular weight excluding hydrogens is 377 g/mol. The summed E-state index contributed by atoms with van der Waals surface area (Å²) < 4.78 is 46.6. The van der Waals surface area contributed by atoms with Gasteiger partial charge in [-0.1, -0.05) is 40.2 Å². The number of aliphatic hydroxyl groups excluding tert-OH is 1. The van der Waals surface area contributed by atoms with Gasteiger partial charge < -0.3 is 14.9 Å². The van der Waals surface area contributed by atoms with E-state index in [0.29, 0.717) is 10.0 Å². The van der Waals surface area contributed by atoms with Crippen LogP contribution in [0.5, 0.6) is 5.75 Å². The van der Waals surface area contributed by atoms with Crippen LogP contribution in [0.25, 0.3) is 11.1 Å². The summed E-state index contributed by atoms with van der Waals surface area (Å²) in [4.78, 5) is 0. The Morgan fingerprint density at radius 1 is 1.13 bits per heavy atom. The van der Waals surface area contributed by atoms with Crippen LogP contribution in [0.3, 0.4) is 0 Å². The molecule has 0 heterocycles. The average molecular weight is 389 g/mol. The molecule has 23 heavy (non-hydrogen) atoms. The van der Waals surface area contributed by atoms with Crippen LogP contribution in [0.2, 0.25) is 0 Å². The molecule has 0 aliphatic heterocycles. The van der Waals surface area contributed by atoms with E-state index in [4.69, 9.17) is 9.84 Å². The van der Waals surface area contributed by atoms with Gasteiger partial charge in [-0.15, -0.1) is 0 Å². The molecule has 0 amide bonds. The van der Waals surface area contributed by atoms with Gasteiger partial charge in [0.1, 0.15) is 12.4 Å². The van der Waals surface area contributed by atoms with Crippen LogP contribution in [0, 0.1) is 0 Å². The number of fused-ring (bicyclic) bond motifs is 3. The third kappa shape index (κ3) is 2.34. The quantitative estimate of drug-likeness (QED) is 0.844. The lowest BCUT2D eigenvalue weighted by atomic mass is 9.90. The van der Waals surface area contributed by atoms with Crippen LogP contribution in [0.15, 0.2) is 40.9 Å². The molecule has 1 unspecified atom stereocenters. The van der Waals surface area contributed by atoms with E-state index in [-0.39, 0.29) is 35.7 Å². The molecule has 0 saturated carbocycles. The Labute approximate surface area is 138 Å². The van der Waals surface area contributed by atoms with Gasteiger partial charge in [-0.3, -0.25) is 0 Å². The molecule has 0 bridgehead atoms. The van der Waals surface area contributed by atoms with Crippen molar-refractivity contribution >= 4 is 15.9 Å². The molecule has 0 radical (unpaired) electrons. The third-order valence-electron chi connectivity index (χ3n) is 3.81. The maximum atomic E-state index is 13.7. The predicted molar refractivity (Wildman–Crippen MR) is 81.2 cm³/mol. The number of ether oxygens (including phenoxy) is 1. The molecule has 0 aromatic heterocycles. The van der Waals surface area contributed by atoms with Crippen LogP contribution in [0.1, 0.15) is 11.1 Å². The zero-order chi connectivity index (χ0) is 16.8. The largest absolute Gasteiger partial charge is 0.491 e. The van der Waals surface area contributed by atoms with Crippen molar-refractivity contribution in [3.8, 4) is 16.9 Å². The van der Waals surface area contributed by atoms with Crippen LogP contribution in [-0.4, -0.2) is 29.6 Å². The number of rotatable bonds is 3. The summed E-state index contributed by atoms with van der Waals surface area (Å²) in [7, 11) is 0. The molecule has 7 heteroatoms. The molecule has 1 aliphatic rings. The van der Waals surface area contributed by atoms with Crippen molar-refractivity contribution in [1.29, 1.82) is 0 Å². The first-order valence-electron chi connectivity index (χ1n) is 6.77. The second kappa shape index (κ2) is 5.51. The molecule has 122 valence electrons. The van der Waals surface area contributed by atoms with Crippen molar-refractivity contribution in [3.05, 3.63) is 52.0 Å². The first kappa shape index (κ1) is 16.3. The van der Waals surface area contributed by atoms with E-state index in [9.17, 15) is 18.3 Å². The zero-order valence-electron chi connectivity index (χ0n) is 11.7. The van der Waals surface area contributed by atoms with Gasteiger partial charge in [0, 0.05) is 21.2 Å². The molecule has 2 N–H and O–H groups in total. The van der Waals surface area contributed by atoms with Gasteiger partial charge >= 0.3 is 6.18 Å². The number of alkyl halides is 3. The van der Waals surface area contributed by atoms with Crippen molar-refractivity contribution in [3.63, 3.8) is 0 Å². The maximum absolute atomic E-state index is 13.7. The molecule has 2 aromatic rings. The highest BCUT2D eigenvalue weighted by Gasteiger charge is 2.61. The molecule has 3 nitrogen and oxygen atoms in total. The lowest BCUT2D eigenvalue weighted by Gasteiger charge is -2.28. The molecule has 1 aliphatic carbocycles. The average Bonchev–Trinajstić information content (AvgIpc) is 2.76. The van der Waals surface area contributed by atoms with Gasteiger partial charge in [0.15, 0.2) is 0 Å². The summed E-state index contributed by atoms with van der Waals surface area (Å²) in [6.07, 6.45) is -4.89. The second-order valence-corrected chi connectivity index (χ2v) is 6.01. The fraction of sp³-hybridized carbons (Fsp3) is 0.250. The Balaban J connectivity index is 2.28. The number of hydrogen-bond acceptors (Lipinski definition) is 3. The normalized spacial score (nSPS) is 19.4. The van der Waals surface area contributed by atoms with Crippen molar-refractivity contribution in [2.75, 3.05) is 13.2 Å². The number of benzene rings is 2. The minimum atomic E-state index is -4.89. The lowest BCUT2D eigenvalue weighted by molar-refractivity contribution is -0.246. The summed E-state index contributed by atoms with van der Waals surface area (Å²) >= 11 is 3.26.